The summed E-state index contributed by atoms with van der Waals surface area (Å²) in [7, 11) is 1.77. The molecule has 2 aromatic rings. The monoisotopic (exact) mass is 276 g/mol. The molecule has 0 radical (unpaired) electrons. The predicted molar refractivity (Wildman–Crippen MR) is 80.2 cm³/mol. The third kappa shape index (κ3) is 3.37. The Morgan fingerprint density at radius 2 is 2.10 bits per heavy atom. The molecule has 0 aliphatic heterocycles. The number of nitrogens with zero attached hydrogens (tertiary/aromatic N) is 1. The van der Waals surface area contributed by atoms with E-state index in [-0.39, 0.29) is 12.2 Å². The van der Waals surface area contributed by atoms with Crippen LogP contribution in [-0.4, -0.2) is 36.0 Å². The van der Waals surface area contributed by atoms with Crippen LogP contribution >= 0.6 is 0 Å². The highest BCUT2D eigenvalue weighted by atomic mass is 16.5. The summed E-state index contributed by atoms with van der Waals surface area (Å²) >= 11 is 0. The van der Waals surface area contributed by atoms with E-state index in [2.05, 4.69) is 5.32 Å². The first-order valence-corrected chi connectivity index (χ1v) is 6.75. The van der Waals surface area contributed by atoms with Crippen LogP contribution < -0.4 is 10.9 Å². The highest BCUT2D eigenvalue weighted by Crippen LogP contribution is 2.20. The number of aryl methyl sites for hydroxylation is 1. The van der Waals surface area contributed by atoms with Crippen LogP contribution in [0.1, 0.15) is 6.42 Å². The van der Waals surface area contributed by atoms with E-state index in [1.165, 1.54) is 0 Å². The van der Waals surface area contributed by atoms with Crippen LogP contribution in [0.4, 0.5) is 5.69 Å². The number of hydrogen-bond acceptors (Lipinski definition) is 4. The van der Waals surface area contributed by atoms with Crippen molar-refractivity contribution in [2.45, 2.75) is 6.42 Å². The van der Waals surface area contributed by atoms with Gasteiger partial charge in [-0.2, -0.15) is 0 Å². The molecule has 108 valence electrons. The normalized spacial score (nSPS) is 10.9. The molecule has 20 heavy (non-hydrogen) atoms. The van der Waals surface area contributed by atoms with Crippen molar-refractivity contribution in [2.75, 3.05) is 31.7 Å². The first-order valence-electron chi connectivity index (χ1n) is 6.75. The second kappa shape index (κ2) is 7.07. The summed E-state index contributed by atoms with van der Waals surface area (Å²) < 4.78 is 6.84. The summed E-state index contributed by atoms with van der Waals surface area (Å²) in [5.74, 6) is 0. The van der Waals surface area contributed by atoms with Crippen LogP contribution in [0.3, 0.4) is 0 Å². The summed E-state index contributed by atoms with van der Waals surface area (Å²) in [6.07, 6.45) is 0.823. The SMILES string of the molecule is Cn1c(=O)cc(NCCCOCCO)c2ccccc21. The minimum Gasteiger partial charge on any atom is -0.394 e. The number of para-hydroxylation sites is 1. The molecule has 5 heteroatoms. The van der Waals surface area contributed by atoms with Gasteiger partial charge in [0.1, 0.15) is 0 Å². The van der Waals surface area contributed by atoms with Crippen molar-refractivity contribution in [3.05, 3.63) is 40.7 Å². The Morgan fingerprint density at radius 3 is 2.90 bits per heavy atom. The second-order valence-corrected chi connectivity index (χ2v) is 4.59. The molecule has 0 fully saturated rings. The molecule has 2 N–H and O–H groups in total. The zero-order chi connectivity index (χ0) is 14.4. The van der Waals surface area contributed by atoms with E-state index in [4.69, 9.17) is 9.84 Å². The Balaban J connectivity index is 2.07. The van der Waals surface area contributed by atoms with Gasteiger partial charge in [-0.1, -0.05) is 18.2 Å². The second-order valence-electron chi connectivity index (χ2n) is 4.59. The summed E-state index contributed by atoms with van der Waals surface area (Å²) in [5, 5.41) is 12.9. The maximum atomic E-state index is 11.9. The molecular formula is C15H20N2O3. The van der Waals surface area contributed by atoms with Crippen molar-refractivity contribution in [3.63, 3.8) is 0 Å². The minimum atomic E-state index is -0.0252. The lowest BCUT2D eigenvalue weighted by Crippen LogP contribution is -2.18. The van der Waals surface area contributed by atoms with Gasteiger partial charge in [0.05, 0.1) is 18.7 Å². The number of nitrogens with one attached hydrogen (secondary N) is 1. The zero-order valence-corrected chi connectivity index (χ0v) is 11.6. The number of fused-ring (bicyclic) bond motifs is 1. The van der Waals surface area contributed by atoms with Crippen molar-refractivity contribution in [1.82, 2.24) is 4.57 Å². The fraction of sp³-hybridized carbons (Fsp3) is 0.400. The number of pyridine rings is 1. The predicted octanol–water partition coefficient (Wildman–Crippen LogP) is 1.35. The van der Waals surface area contributed by atoms with E-state index in [0.29, 0.717) is 13.2 Å². The standard InChI is InChI=1S/C15H20N2O3/c1-17-14-6-3-2-5-12(14)13(11-15(17)19)16-7-4-9-20-10-8-18/h2-3,5-6,11,16,18H,4,7-10H2,1H3. The van der Waals surface area contributed by atoms with Gasteiger partial charge in [0.25, 0.3) is 5.56 Å². The van der Waals surface area contributed by atoms with Gasteiger partial charge in [-0.25, -0.2) is 0 Å². The van der Waals surface area contributed by atoms with Gasteiger partial charge in [-0.05, 0) is 12.5 Å². The Labute approximate surface area is 117 Å². The molecule has 2 rings (SSSR count). The molecule has 5 nitrogen and oxygen atoms in total. The van der Waals surface area contributed by atoms with Crippen molar-refractivity contribution >= 4 is 16.6 Å². The van der Waals surface area contributed by atoms with Crippen LogP contribution in [0, 0.1) is 0 Å². The average Bonchev–Trinajstić information content (AvgIpc) is 2.47. The fourth-order valence-corrected chi connectivity index (χ4v) is 2.12. The highest BCUT2D eigenvalue weighted by Gasteiger charge is 2.05. The van der Waals surface area contributed by atoms with E-state index in [0.717, 1.165) is 29.6 Å². The van der Waals surface area contributed by atoms with Crippen molar-refractivity contribution in [3.8, 4) is 0 Å². The smallest absolute Gasteiger partial charge is 0.252 e. The molecule has 0 bridgehead atoms. The molecule has 0 unspecified atom stereocenters. The number of aromatic nitrogens is 1. The van der Waals surface area contributed by atoms with E-state index >= 15 is 0 Å². The van der Waals surface area contributed by atoms with Crippen molar-refractivity contribution < 1.29 is 9.84 Å². The number of ether oxygens (including phenoxy) is 1. The van der Waals surface area contributed by atoms with Crippen LogP contribution in [-0.2, 0) is 11.8 Å². The highest BCUT2D eigenvalue weighted by molar-refractivity contribution is 5.91. The molecular weight excluding hydrogens is 256 g/mol. The van der Waals surface area contributed by atoms with Crippen LogP contribution in [0.2, 0.25) is 0 Å². The van der Waals surface area contributed by atoms with E-state index in [1.807, 2.05) is 24.3 Å². The van der Waals surface area contributed by atoms with Gasteiger partial charge in [0.15, 0.2) is 0 Å². The number of benzene rings is 1. The molecule has 0 aliphatic carbocycles. The third-order valence-corrected chi connectivity index (χ3v) is 3.17. The average molecular weight is 276 g/mol. The molecule has 0 atom stereocenters. The molecule has 0 amide bonds. The molecule has 0 saturated carbocycles. The Kier molecular flexibility index (Phi) is 5.15. The molecule has 1 heterocycles. The molecule has 1 aromatic heterocycles. The minimum absolute atomic E-state index is 0.0252. The van der Waals surface area contributed by atoms with E-state index < -0.39 is 0 Å². The summed E-state index contributed by atoms with van der Waals surface area (Å²) in [4.78, 5) is 11.9. The summed E-state index contributed by atoms with van der Waals surface area (Å²) in [6.45, 7) is 1.74. The largest absolute Gasteiger partial charge is 0.394 e. The van der Waals surface area contributed by atoms with Crippen LogP contribution in [0.15, 0.2) is 35.1 Å². The van der Waals surface area contributed by atoms with Gasteiger partial charge in [-0.15, -0.1) is 0 Å². The van der Waals surface area contributed by atoms with Gasteiger partial charge in [-0.3, -0.25) is 4.79 Å². The molecule has 0 spiro atoms. The van der Waals surface area contributed by atoms with Crippen LogP contribution in [0.5, 0.6) is 0 Å². The maximum Gasteiger partial charge on any atom is 0.252 e. The Hall–Kier alpha value is -1.85. The lowest BCUT2D eigenvalue weighted by molar-refractivity contribution is 0.0922. The molecule has 1 aromatic carbocycles. The van der Waals surface area contributed by atoms with Crippen molar-refractivity contribution in [1.29, 1.82) is 0 Å². The topological polar surface area (TPSA) is 63.5 Å². The number of aliphatic hydroxyl groups excluding tert-OH is 1. The number of aliphatic hydroxyl groups is 1. The van der Waals surface area contributed by atoms with Crippen molar-refractivity contribution in [2.24, 2.45) is 7.05 Å². The number of anilines is 1. The van der Waals surface area contributed by atoms with Gasteiger partial charge < -0.3 is 19.7 Å². The maximum absolute atomic E-state index is 11.9. The van der Waals surface area contributed by atoms with E-state index in [9.17, 15) is 4.79 Å². The third-order valence-electron chi connectivity index (χ3n) is 3.17. The van der Waals surface area contributed by atoms with E-state index in [1.54, 1.807) is 17.7 Å². The fourth-order valence-electron chi connectivity index (χ4n) is 2.12. The quantitative estimate of drug-likeness (QED) is 0.749. The number of hydrogen-bond donors (Lipinski definition) is 2. The lowest BCUT2D eigenvalue weighted by Gasteiger charge is -2.12. The van der Waals surface area contributed by atoms with Gasteiger partial charge in [0, 0.05) is 37.3 Å². The Bertz CT molecular complexity index is 622. The Morgan fingerprint density at radius 1 is 1.30 bits per heavy atom. The van der Waals surface area contributed by atoms with Gasteiger partial charge in [0.2, 0.25) is 0 Å². The zero-order valence-electron chi connectivity index (χ0n) is 11.6. The summed E-state index contributed by atoms with van der Waals surface area (Å²) in [5.41, 5.74) is 1.74. The first-order chi connectivity index (χ1) is 9.74. The van der Waals surface area contributed by atoms with Crippen LogP contribution in [0.25, 0.3) is 10.9 Å². The summed E-state index contributed by atoms with van der Waals surface area (Å²) in [6, 6.07) is 9.44. The lowest BCUT2D eigenvalue weighted by atomic mass is 10.2. The number of rotatable bonds is 7. The molecule has 0 saturated heterocycles. The first kappa shape index (κ1) is 14.6. The molecule has 0 aliphatic rings. The van der Waals surface area contributed by atoms with Gasteiger partial charge >= 0.3 is 0 Å².